The predicted molar refractivity (Wildman–Crippen MR) is 149 cm³/mol. The Morgan fingerprint density at radius 1 is 1.05 bits per heavy atom. The molecule has 0 radical (unpaired) electrons. The molecule has 0 aliphatic rings. The standard InChI is InChI=1S/C28H23ClN6O4/c1-13-11-17(15(3)30-19-9-10-21(29)31-23(19)27-32-28(37)39-34-27)26-18(12-13)24(36)14(2)25(38-26)22-16-7-5-6-8-20(16)35(4)33-22/h5-12,15,30H,1-4H3,(H,32,34,37). The first-order valence-electron chi connectivity index (χ1n) is 12.2. The van der Waals surface area contributed by atoms with Crippen molar-refractivity contribution >= 4 is 39.2 Å². The maximum absolute atomic E-state index is 13.6. The zero-order chi connectivity index (χ0) is 27.4. The van der Waals surface area contributed by atoms with Crippen molar-refractivity contribution in [3.05, 3.63) is 91.1 Å². The molecule has 1 unspecified atom stereocenters. The average Bonchev–Trinajstić information content (AvgIpc) is 3.50. The third-order valence-corrected chi connectivity index (χ3v) is 6.94. The van der Waals surface area contributed by atoms with E-state index in [9.17, 15) is 9.59 Å². The molecular weight excluding hydrogens is 520 g/mol. The van der Waals surface area contributed by atoms with Gasteiger partial charge in [-0.2, -0.15) is 5.10 Å². The summed E-state index contributed by atoms with van der Waals surface area (Å²) in [5, 5.41) is 13.4. The quantitative estimate of drug-likeness (QED) is 0.272. The second-order valence-corrected chi connectivity index (χ2v) is 9.83. The molecule has 2 N–H and O–H groups in total. The Balaban J connectivity index is 1.52. The van der Waals surface area contributed by atoms with E-state index < -0.39 is 5.76 Å². The van der Waals surface area contributed by atoms with Gasteiger partial charge in [-0.1, -0.05) is 41.0 Å². The van der Waals surface area contributed by atoms with Gasteiger partial charge in [0, 0.05) is 23.6 Å². The molecule has 196 valence electrons. The summed E-state index contributed by atoms with van der Waals surface area (Å²) >= 11 is 6.13. The van der Waals surface area contributed by atoms with Crippen molar-refractivity contribution in [2.75, 3.05) is 5.32 Å². The molecule has 0 saturated carbocycles. The summed E-state index contributed by atoms with van der Waals surface area (Å²) in [5.41, 5.74) is 4.90. The molecule has 6 rings (SSSR count). The van der Waals surface area contributed by atoms with E-state index in [0.717, 1.165) is 22.0 Å². The molecule has 10 nitrogen and oxygen atoms in total. The molecule has 0 spiro atoms. The zero-order valence-corrected chi connectivity index (χ0v) is 22.3. The SMILES string of the molecule is Cc1cc(C(C)Nc2ccc(Cl)nc2-c2noc(=O)[nH]2)c2oc(-c3nn(C)c4ccccc34)c(C)c(=O)c2c1. The highest BCUT2D eigenvalue weighted by Gasteiger charge is 2.23. The van der Waals surface area contributed by atoms with Crippen LogP contribution in [0.5, 0.6) is 0 Å². The van der Waals surface area contributed by atoms with Crippen LogP contribution in [-0.2, 0) is 7.05 Å². The summed E-state index contributed by atoms with van der Waals surface area (Å²) in [5.74, 6) is -0.143. The van der Waals surface area contributed by atoms with Crippen molar-refractivity contribution in [3.63, 3.8) is 0 Å². The summed E-state index contributed by atoms with van der Waals surface area (Å²) in [6, 6.07) is 14.6. The van der Waals surface area contributed by atoms with Gasteiger partial charge in [-0.25, -0.2) is 9.78 Å². The molecule has 0 bridgehead atoms. The van der Waals surface area contributed by atoms with Gasteiger partial charge in [0.2, 0.25) is 5.82 Å². The number of nitrogens with zero attached hydrogens (tertiary/aromatic N) is 4. The largest absolute Gasteiger partial charge is 0.453 e. The number of para-hydroxylation sites is 1. The molecule has 0 saturated heterocycles. The van der Waals surface area contributed by atoms with Gasteiger partial charge in [0.05, 0.1) is 22.6 Å². The van der Waals surface area contributed by atoms with Crippen LogP contribution in [0.4, 0.5) is 5.69 Å². The lowest BCUT2D eigenvalue weighted by Gasteiger charge is -2.19. The Morgan fingerprint density at radius 2 is 1.85 bits per heavy atom. The molecule has 0 amide bonds. The minimum Gasteiger partial charge on any atom is -0.453 e. The summed E-state index contributed by atoms with van der Waals surface area (Å²) in [4.78, 5) is 32.0. The van der Waals surface area contributed by atoms with E-state index in [1.165, 1.54) is 0 Å². The smallest absolute Gasteiger partial charge is 0.439 e. The van der Waals surface area contributed by atoms with Gasteiger partial charge in [-0.05, 0) is 50.6 Å². The van der Waals surface area contributed by atoms with Crippen LogP contribution in [0.1, 0.15) is 29.7 Å². The van der Waals surface area contributed by atoms with Crippen LogP contribution in [0.15, 0.2) is 67.1 Å². The molecule has 0 fully saturated rings. The van der Waals surface area contributed by atoms with E-state index >= 15 is 0 Å². The normalized spacial score (nSPS) is 12.3. The number of pyridine rings is 1. The third kappa shape index (κ3) is 4.18. The van der Waals surface area contributed by atoms with Crippen molar-refractivity contribution in [3.8, 4) is 23.0 Å². The van der Waals surface area contributed by atoms with Crippen LogP contribution in [0.25, 0.3) is 44.8 Å². The average molecular weight is 543 g/mol. The molecule has 2 aromatic carbocycles. The predicted octanol–water partition coefficient (Wildman–Crippen LogP) is 5.53. The number of rotatable bonds is 5. The first kappa shape index (κ1) is 24.6. The summed E-state index contributed by atoms with van der Waals surface area (Å²) < 4.78 is 13.0. The first-order chi connectivity index (χ1) is 18.7. The Kier molecular flexibility index (Phi) is 5.84. The highest BCUT2D eigenvalue weighted by Crippen LogP contribution is 2.35. The molecule has 6 aromatic rings. The number of benzene rings is 2. The second kappa shape index (κ2) is 9.25. The lowest BCUT2D eigenvalue weighted by atomic mass is 9.99. The van der Waals surface area contributed by atoms with Gasteiger partial charge in [0.1, 0.15) is 22.1 Å². The molecule has 1 atom stereocenters. The zero-order valence-electron chi connectivity index (χ0n) is 21.5. The van der Waals surface area contributed by atoms with E-state index in [1.54, 1.807) is 23.7 Å². The molecule has 0 aliphatic carbocycles. The fourth-order valence-corrected chi connectivity index (χ4v) is 5.02. The maximum Gasteiger partial charge on any atom is 0.439 e. The number of hydrogen-bond acceptors (Lipinski definition) is 8. The lowest BCUT2D eigenvalue weighted by Crippen LogP contribution is -2.13. The number of halogens is 1. The highest BCUT2D eigenvalue weighted by molar-refractivity contribution is 6.29. The monoisotopic (exact) mass is 542 g/mol. The van der Waals surface area contributed by atoms with Crippen molar-refractivity contribution < 1.29 is 8.94 Å². The molecular formula is C28H23ClN6O4. The molecule has 11 heteroatoms. The van der Waals surface area contributed by atoms with Gasteiger partial charge in [-0.3, -0.25) is 19.0 Å². The number of aryl methyl sites for hydroxylation is 2. The van der Waals surface area contributed by atoms with Gasteiger partial charge in [-0.15, -0.1) is 0 Å². The Bertz CT molecular complexity index is 2020. The number of anilines is 1. The second-order valence-electron chi connectivity index (χ2n) is 9.45. The van der Waals surface area contributed by atoms with Crippen LogP contribution in [-0.4, -0.2) is 24.9 Å². The van der Waals surface area contributed by atoms with Crippen molar-refractivity contribution in [2.24, 2.45) is 7.05 Å². The van der Waals surface area contributed by atoms with Crippen molar-refractivity contribution in [2.45, 2.75) is 26.8 Å². The van der Waals surface area contributed by atoms with Gasteiger partial charge < -0.3 is 9.73 Å². The van der Waals surface area contributed by atoms with E-state index in [0.29, 0.717) is 39.4 Å². The minimum atomic E-state index is -0.706. The number of nitrogens with one attached hydrogen (secondary N) is 2. The van der Waals surface area contributed by atoms with Gasteiger partial charge in [0.15, 0.2) is 11.2 Å². The van der Waals surface area contributed by atoms with Crippen LogP contribution in [0.3, 0.4) is 0 Å². The van der Waals surface area contributed by atoms with Crippen LogP contribution in [0, 0.1) is 13.8 Å². The Morgan fingerprint density at radius 3 is 2.62 bits per heavy atom. The fraction of sp³-hybridized carbons (Fsp3) is 0.179. The molecule has 0 aliphatic heterocycles. The number of aromatic nitrogens is 5. The number of H-pyrrole nitrogens is 1. The fourth-order valence-electron chi connectivity index (χ4n) is 4.87. The molecule has 4 aromatic heterocycles. The first-order valence-corrected chi connectivity index (χ1v) is 12.6. The summed E-state index contributed by atoms with van der Waals surface area (Å²) in [6.07, 6.45) is 0. The van der Waals surface area contributed by atoms with Gasteiger partial charge in [0.25, 0.3) is 0 Å². The van der Waals surface area contributed by atoms with E-state index in [-0.39, 0.29) is 22.4 Å². The van der Waals surface area contributed by atoms with Crippen molar-refractivity contribution in [1.82, 2.24) is 24.9 Å². The lowest BCUT2D eigenvalue weighted by molar-refractivity contribution is 0.388. The van der Waals surface area contributed by atoms with Crippen LogP contribution < -0.4 is 16.5 Å². The van der Waals surface area contributed by atoms with Gasteiger partial charge >= 0.3 is 5.76 Å². The highest BCUT2D eigenvalue weighted by atomic mass is 35.5. The summed E-state index contributed by atoms with van der Waals surface area (Å²) in [6.45, 7) is 5.63. The van der Waals surface area contributed by atoms with E-state index in [4.69, 9.17) is 16.0 Å². The number of fused-ring (bicyclic) bond motifs is 2. The molecule has 39 heavy (non-hydrogen) atoms. The maximum atomic E-state index is 13.6. The number of hydrogen-bond donors (Lipinski definition) is 2. The Labute approximate surface area is 226 Å². The summed E-state index contributed by atoms with van der Waals surface area (Å²) in [7, 11) is 1.86. The Hall–Kier alpha value is -4.70. The third-order valence-electron chi connectivity index (χ3n) is 6.73. The number of aromatic amines is 1. The van der Waals surface area contributed by atoms with Crippen molar-refractivity contribution in [1.29, 1.82) is 0 Å². The van der Waals surface area contributed by atoms with Crippen LogP contribution >= 0.6 is 11.6 Å². The van der Waals surface area contributed by atoms with E-state index in [1.807, 2.05) is 57.3 Å². The molecule has 4 heterocycles. The minimum absolute atomic E-state index is 0.118. The van der Waals surface area contributed by atoms with Crippen LogP contribution in [0.2, 0.25) is 5.15 Å². The van der Waals surface area contributed by atoms with E-state index in [2.05, 4.69) is 30.1 Å². The topological polar surface area (TPSA) is 132 Å².